The van der Waals surface area contributed by atoms with Crippen molar-refractivity contribution in [3.8, 4) is 12.0 Å². The van der Waals surface area contributed by atoms with Crippen molar-refractivity contribution in [3.05, 3.63) is 0 Å². The summed E-state index contributed by atoms with van der Waals surface area (Å²) >= 11 is 0. The molecular weight excluding hydrogens is 124 g/mol. The average molecular weight is 138 g/mol. The third-order valence-corrected chi connectivity index (χ3v) is 1.70. The van der Waals surface area contributed by atoms with Crippen LogP contribution in [0.2, 0.25) is 0 Å². The third kappa shape index (κ3) is 1.65. The van der Waals surface area contributed by atoms with Gasteiger partial charge in [-0.05, 0) is 12.8 Å². The van der Waals surface area contributed by atoms with Crippen molar-refractivity contribution >= 4 is 0 Å². The Labute approximate surface area is 62.4 Å². The second-order valence-corrected chi connectivity index (χ2v) is 2.55. The number of rotatable bonds is 0. The smallest absolute Gasteiger partial charge is 0.0847 e. The summed E-state index contributed by atoms with van der Waals surface area (Å²) in [4.78, 5) is 2.03. The molecule has 0 saturated carbocycles. The first-order valence-electron chi connectivity index (χ1n) is 3.85. The van der Waals surface area contributed by atoms with Gasteiger partial charge in [0.2, 0.25) is 0 Å². The zero-order chi connectivity index (χ0) is 7.40. The molecule has 10 heavy (non-hydrogen) atoms. The maximum atomic E-state index is 5.74. The van der Waals surface area contributed by atoms with E-state index < -0.39 is 0 Å². The van der Waals surface area contributed by atoms with Crippen molar-refractivity contribution in [2.75, 3.05) is 6.54 Å². The fourth-order valence-corrected chi connectivity index (χ4v) is 1.11. The zero-order valence-corrected chi connectivity index (χ0v) is 6.43. The lowest BCUT2D eigenvalue weighted by Gasteiger charge is -2.14. The van der Waals surface area contributed by atoms with E-state index in [4.69, 9.17) is 5.73 Å². The number of nitrogens with zero attached hydrogens (tertiary/aromatic N) is 1. The summed E-state index contributed by atoms with van der Waals surface area (Å²) in [6, 6.07) is 3.04. The van der Waals surface area contributed by atoms with Gasteiger partial charge in [-0.3, -0.25) is 0 Å². The van der Waals surface area contributed by atoms with Crippen molar-refractivity contribution in [1.29, 1.82) is 0 Å². The van der Waals surface area contributed by atoms with Crippen LogP contribution in [0.4, 0.5) is 0 Å². The molecule has 1 aliphatic heterocycles. The van der Waals surface area contributed by atoms with Gasteiger partial charge >= 0.3 is 0 Å². The molecule has 0 aliphatic carbocycles. The Morgan fingerprint density at radius 3 is 3.00 bits per heavy atom. The van der Waals surface area contributed by atoms with Crippen LogP contribution < -0.4 is 5.73 Å². The van der Waals surface area contributed by atoms with E-state index in [1.807, 2.05) is 4.90 Å². The van der Waals surface area contributed by atoms with Gasteiger partial charge in [0.1, 0.15) is 0 Å². The predicted octanol–water partition coefficient (Wildman–Crippen LogP) is 0.738. The van der Waals surface area contributed by atoms with Crippen molar-refractivity contribution in [1.82, 2.24) is 4.90 Å². The predicted molar refractivity (Wildman–Crippen MR) is 42.0 cm³/mol. The van der Waals surface area contributed by atoms with Crippen LogP contribution in [0.25, 0.3) is 0 Å². The molecule has 0 spiro atoms. The zero-order valence-electron chi connectivity index (χ0n) is 6.43. The molecule has 1 unspecified atom stereocenters. The molecule has 0 aromatic carbocycles. The Kier molecular flexibility index (Phi) is 2.58. The Balaban J connectivity index is 2.40. The molecule has 2 heteroatoms. The van der Waals surface area contributed by atoms with Crippen molar-refractivity contribution < 1.29 is 0 Å². The van der Waals surface area contributed by atoms with Crippen LogP contribution in [0.5, 0.6) is 0 Å². The number of hydrogen-bond donors (Lipinski definition) is 1. The van der Waals surface area contributed by atoms with Crippen molar-refractivity contribution in [3.63, 3.8) is 0 Å². The van der Waals surface area contributed by atoms with Crippen LogP contribution in [0.15, 0.2) is 0 Å². The fourth-order valence-electron chi connectivity index (χ4n) is 1.11. The van der Waals surface area contributed by atoms with E-state index >= 15 is 0 Å². The summed E-state index contributed by atoms with van der Waals surface area (Å²) in [5, 5.41) is 0. The highest BCUT2D eigenvalue weighted by molar-refractivity contribution is 5.00. The second-order valence-electron chi connectivity index (χ2n) is 2.55. The van der Waals surface area contributed by atoms with Gasteiger partial charge in [0, 0.05) is 19.0 Å². The molecule has 1 saturated heterocycles. The van der Waals surface area contributed by atoms with Gasteiger partial charge in [0.25, 0.3) is 0 Å². The van der Waals surface area contributed by atoms with E-state index in [9.17, 15) is 0 Å². The quantitative estimate of drug-likeness (QED) is 0.500. The molecule has 56 valence electrons. The van der Waals surface area contributed by atoms with E-state index in [-0.39, 0.29) is 6.17 Å². The summed E-state index contributed by atoms with van der Waals surface area (Å²) in [5.41, 5.74) is 5.74. The van der Waals surface area contributed by atoms with Crippen LogP contribution in [0.3, 0.4) is 0 Å². The highest BCUT2D eigenvalue weighted by Gasteiger charge is 2.16. The molecule has 0 bridgehead atoms. The van der Waals surface area contributed by atoms with Gasteiger partial charge in [-0.25, -0.2) is 0 Å². The Morgan fingerprint density at radius 1 is 1.70 bits per heavy atom. The Morgan fingerprint density at radius 2 is 2.50 bits per heavy atom. The van der Waals surface area contributed by atoms with Gasteiger partial charge in [-0.15, -0.1) is 0 Å². The minimum absolute atomic E-state index is 0.194. The van der Waals surface area contributed by atoms with Crippen LogP contribution in [-0.4, -0.2) is 17.6 Å². The lowest BCUT2D eigenvalue weighted by Crippen LogP contribution is -2.32. The normalized spacial score (nSPS) is 24.2. The molecule has 2 N–H and O–H groups in total. The SMILES string of the molecule is CCC#CN1CCCC1N. The first kappa shape index (κ1) is 7.43. The average Bonchev–Trinajstić information content (AvgIpc) is 2.31. The van der Waals surface area contributed by atoms with Crippen molar-refractivity contribution in [2.45, 2.75) is 32.4 Å². The van der Waals surface area contributed by atoms with Gasteiger partial charge < -0.3 is 10.6 Å². The molecule has 1 aliphatic rings. The maximum Gasteiger partial charge on any atom is 0.0847 e. The molecule has 0 aromatic rings. The Hall–Kier alpha value is -0.680. The minimum atomic E-state index is 0.194. The summed E-state index contributed by atoms with van der Waals surface area (Å²) in [6.07, 6.45) is 3.40. The molecule has 0 radical (unpaired) electrons. The van der Waals surface area contributed by atoms with Crippen LogP contribution in [0, 0.1) is 12.0 Å². The summed E-state index contributed by atoms with van der Waals surface area (Å²) < 4.78 is 0. The van der Waals surface area contributed by atoms with E-state index in [0.29, 0.717) is 0 Å². The lowest BCUT2D eigenvalue weighted by atomic mass is 10.3. The highest BCUT2D eigenvalue weighted by Crippen LogP contribution is 2.10. The standard InChI is InChI=1S/C8H14N2/c1-2-3-6-10-7-4-5-8(10)9/h8H,2,4-5,7,9H2,1H3. The number of likely N-dealkylation sites (tertiary alicyclic amines) is 1. The number of nitrogens with two attached hydrogens (primary N) is 1. The monoisotopic (exact) mass is 138 g/mol. The van der Waals surface area contributed by atoms with E-state index in [0.717, 1.165) is 19.4 Å². The summed E-state index contributed by atoms with van der Waals surface area (Å²) in [7, 11) is 0. The summed E-state index contributed by atoms with van der Waals surface area (Å²) in [6.45, 7) is 3.10. The molecule has 2 nitrogen and oxygen atoms in total. The molecule has 1 atom stereocenters. The van der Waals surface area contributed by atoms with Crippen LogP contribution in [-0.2, 0) is 0 Å². The molecule has 0 aromatic heterocycles. The van der Waals surface area contributed by atoms with E-state index in [1.165, 1.54) is 6.42 Å². The maximum absolute atomic E-state index is 5.74. The summed E-state index contributed by atoms with van der Waals surface area (Å²) in [5.74, 6) is 3.02. The topological polar surface area (TPSA) is 29.3 Å². The number of hydrogen-bond acceptors (Lipinski definition) is 2. The Bertz CT molecular complexity index is 154. The highest BCUT2D eigenvalue weighted by atomic mass is 15.2. The molecule has 1 heterocycles. The van der Waals surface area contributed by atoms with Gasteiger partial charge in [-0.1, -0.05) is 12.8 Å². The van der Waals surface area contributed by atoms with Crippen LogP contribution >= 0.6 is 0 Å². The second kappa shape index (κ2) is 3.48. The molecule has 1 rings (SSSR count). The third-order valence-electron chi connectivity index (χ3n) is 1.70. The first-order chi connectivity index (χ1) is 4.84. The molecule has 1 fully saturated rings. The molecule has 0 amide bonds. The minimum Gasteiger partial charge on any atom is -0.316 e. The van der Waals surface area contributed by atoms with E-state index in [2.05, 4.69) is 18.9 Å². The van der Waals surface area contributed by atoms with Gasteiger partial charge in [-0.2, -0.15) is 0 Å². The van der Waals surface area contributed by atoms with Crippen LogP contribution in [0.1, 0.15) is 26.2 Å². The van der Waals surface area contributed by atoms with Crippen molar-refractivity contribution in [2.24, 2.45) is 5.73 Å². The fraction of sp³-hybridized carbons (Fsp3) is 0.750. The largest absolute Gasteiger partial charge is 0.316 e. The van der Waals surface area contributed by atoms with Gasteiger partial charge in [0.05, 0.1) is 6.17 Å². The van der Waals surface area contributed by atoms with E-state index in [1.54, 1.807) is 0 Å². The lowest BCUT2D eigenvalue weighted by molar-refractivity contribution is 0.379. The molecular formula is C8H14N2. The first-order valence-corrected chi connectivity index (χ1v) is 3.85. The van der Waals surface area contributed by atoms with Gasteiger partial charge in [0.15, 0.2) is 0 Å².